The zero-order chi connectivity index (χ0) is 14.9. The van der Waals surface area contributed by atoms with Gasteiger partial charge in [0.05, 0.1) is 16.2 Å². The molecule has 0 aromatic carbocycles. The van der Waals surface area contributed by atoms with Gasteiger partial charge >= 0.3 is 11.0 Å². The van der Waals surface area contributed by atoms with Gasteiger partial charge in [0.2, 0.25) is 0 Å². The summed E-state index contributed by atoms with van der Waals surface area (Å²) in [7, 11) is 0. The van der Waals surface area contributed by atoms with Crippen LogP contribution in [0.5, 0.6) is 0 Å². The topological polar surface area (TPSA) is 122 Å². The number of nitro groups is 1. The van der Waals surface area contributed by atoms with Crippen LogP contribution in [0.2, 0.25) is 0 Å². The number of carboxylic acid groups (broad SMARTS) is 1. The Morgan fingerprint density at radius 2 is 2.20 bits per heavy atom. The number of nitrogens with zero attached hydrogens (tertiary/aromatic N) is 2. The predicted molar refractivity (Wildman–Crippen MR) is 72.7 cm³/mol. The number of carbonyl (C=O) groups excluding carboxylic acids is 1. The molecule has 2 heterocycles. The van der Waals surface area contributed by atoms with Gasteiger partial charge in [-0.3, -0.25) is 14.9 Å². The van der Waals surface area contributed by atoms with Gasteiger partial charge in [-0.05, 0) is 18.5 Å². The molecule has 0 fully saturated rings. The number of aromatic nitrogens is 1. The van der Waals surface area contributed by atoms with E-state index in [1.54, 1.807) is 0 Å². The van der Waals surface area contributed by atoms with E-state index in [1.807, 2.05) is 0 Å². The van der Waals surface area contributed by atoms with E-state index in [1.165, 1.54) is 12.3 Å². The molecule has 0 spiro atoms. The molecule has 2 aromatic rings. The summed E-state index contributed by atoms with van der Waals surface area (Å²) in [6.45, 7) is 1.52. The summed E-state index contributed by atoms with van der Waals surface area (Å²) in [6.07, 6.45) is 0. The summed E-state index contributed by atoms with van der Waals surface area (Å²) in [5, 5.41) is 23.2. The van der Waals surface area contributed by atoms with Crippen LogP contribution in [-0.2, 0) is 0 Å². The van der Waals surface area contributed by atoms with E-state index in [9.17, 15) is 19.7 Å². The van der Waals surface area contributed by atoms with Crippen LogP contribution in [0.3, 0.4) is 0 Å². The van der Waals surface area contributed by atoms with E-state index >= 15 is 0 Å². The first-order chi connectivity index (χ1) is 9.40. The van der Waals surface area contributed by atoms with Gasteiger partial charge in [0, 0.05) is 11.4 Å². The van der Waals surface area contributed by atoms with Gasteiger partial charge in [-0.1, -0.05) is 11.3 Å². The van der Waals surface area contributed by atoms with Crippen molar-refractivity contribution in [3.63, 3.8) is 0 Å². The largest absolute Gasteiger partial charge is 0.478 e. The van der Waals surface area contributed by atoms with Crippen molar-refractivity contribution in [2.45, 2.75) is 6.92 Å². The number of aromatic carboxylic acids is 1. The zero-order valence-electron chi connectivity index (χ0n) is 9.95. The molecular weight excluding hydrogens is 306 g/mol. The molecule has 2 aromatic heterocycles. The normalized spacial score (nSPS) is 10.2. The van der Waals surface area contributed by atoms with Crippen LogP contribution in [0.25, 0.3) is 0 Å². The van der Waals surface area contributed by atoms with Gasteiger partial charge in [0.15, 0.2) is 0 Å². The summed E-state index contributed by atoms with van der Waals surface area (Å²) in [5.41, 5.74) is 0.325. The van der Waals surface area contributed by atoms with E-state index in [-0.39, 0.29) is 21.1 Å². The minimum Gasteiger partial charge on any atom is -0.478 e. The van der Waals surface area contributed by atoms with Gasteiger partial charge in [-0.2, -0.15) is 4.37 Å². The second-order valence-electron chi connectivity index (χ2n) is 3.66. The average molecular weight is 313 g/mol. The van der Waals surface area contributed by atoms with E-state index in [0.717, 1.165) is 28.9 Å². The first-order valence-corrected chi connectivity index (χ1v) is 6.79. The number of hydrogen-bond acceptors (Lipinski definition) is 7. The van der Waals surface area contributed by atoms with E-state index in [2.05, 4.69) is 9.69 Å². The van der Waals surface area contributed by atoms with Crippen molar-refractivity contribution in [1.82, 2.24) is 4.37 Å². The molecule has 2 rings (SSSR count). The SMILES string of the molecule is Cc1nsc(NC(=O)c2csc([N+](=O)[O-])c2)c1C(=O)O. The number of aryl methyl sites for hydroxylation is 1. The number of carboxylic acids is 1. The molecule has 0 saturated carbocycles. The molecule has 20 heavy (non-hydrogen) atoms. The van der Waals surface area contributed by atoms with Crippen molar-refractivity contribution in [3.05, 3.63) is 38.4 Å². The highest BCUT2D eigenvalue weighted by molar-refractivity contribution is 7.13. The standard InChI is InChI=1S/C10H7N3O5S2/c1-4-7(10(15)16)9(20-12-4)11-8(14)5-2-6(13(17)18)19-3-5/h2-3H,1H3,(H,11,14)(H,15,16). The Hall–Kier alpha value is -2.33. The lowest BCUT2D eigenvalue weighted by molar-refractivity contribution is -0.380. The maximum absolute atomic E-state index is 11.9. The van der Waals surface area contributed by atoms with E-state index in [0.29, 0.717) is 5.69 Å². The van der Waals surface area contributed by atoms with Crippen LogP contribution in [0, 0.1) is 17.0 Å². The monoisotopic (exact) mass is 313 g/mol. The van der Waals surface area contributed by atoms with Crippen LogP contribution in [0.4, 0.5) is 10.0 Å². The molecule has 0 radical (unpaired) electrons. The second-order valence-corrected chi connectivity index (χ2v) is 5.33. The summed E-state index contributed by atoms with van der Waals surface area (Å²) >= 11 is 1.67. The van der Waals surface area contributed by atoms with Crippen LogP contribution in [0.1, 0.15) is 26.4 Å². The smallest absolute Gasteiger partial charge is 0.340 e. The molecule has 0 unspecified atom stereocenters. The fourth-order valence-electron chi connectivity index (χ4n) is 1.42. The number of anilines is 1. The maximum Gasteiger partial charge on any atom is 0.340 e. The molecule has 0 saturated heterocycles. The summed E-state index contributed by atoms with van der Waals surface area (Å²) in [5.74, 6) is -1.80. The Kier molecular flexibility index (Phi) is 3.77. The van der Waals surface area contributed by atoms with Crippen LogP contribution < -0.4 is 5.32 Å². The molecule has 1 amide bonds. The molecule has 8 nitrogen and oxygen atoms in total. The molecule has 0 aliphatic rings. The first kappa shape index (κ1) is 14.1. The van der Waals surface area contributed by atoms with Gasteiger partial charge < -0.3 is 10.4 Å². The zero-order valence-corrected chi connectivity index (χ0v) is 11.6. The molecule has 0 aliphatic carbocycles. The van der Waals surface area contributed by atoms with Crippen molar-refractivity contribution >= 4 is 44.7 Å². The first-order valence-electron chi connectivity index (χ1n) is 5.14. The number of amides is 1. The number of rotatable bonds is 4. The van der Waals surface area contributed by atoms with Gasteiger partial charge in [-0.25, -0.2) is 4.79 Å². The minimum atomic E-state index is -1.19. The number of hydrogen-bond donors (Lipinski definition) is 2. The molecule has 10 heteroatoms. The van der Waals surface area contributed by atoms with Crippen molar-refractivity contribution in [2.24, 2.45) is 0 Å². The third kappa shape index (κ3) is 2.65. The van der Waals surface area contributed by atoms with Crippen LogP contribution in [-0.4, -0.2) is 26.3 Å². The lowest BCUT2D eigenvalue weighted by atomic mass is 10.2. The summed E-state index contributed by atoms with van der Waals surface area (Å²) in [4.78, 5) is 32.9. The van der Waals surface area contributed by atoms with Crippen molar-refractivity contribution in [1.29, 1.82) is 0 Å². The Morgan fingerprint density at radius 1 is 1.50 bits per heavy atom. The highest BCUT2D eigenvalue weighted by atomic mass is 32.1. The lowest BCUT2D eigenvalue weighted by Crippen LogP contribution is -2.12. The fraction of sp³-hybridized carbons (Fsp3) is 0.100. The fourth-order valence-corrected chi connectivity index (χ4v) is 2.91. The van der Waals surface area contributed by atoms with E-state index < -0.39 is 16.8 Å². The van der Waals surface area contributed by atoms with Gasteiger partial charge in [0.25, 0.3) is 5.91 Å². The summed E-state index contributed by atoms with van der Waals surface area (Å²) < 4.78 is 3.86. The van der Waals surface area contributed by atoms with Crippen molar-refractivity contribution in [3.8, 4) is 0 Å². The van der Waals surface area contributed by atoms with E-state index in [4.69, 9.17) is 5.11 Å². The molecule has 0 aliphatic heterocycles. The van der Waals surface area contributed by atoms with Crippen LogP contribution in [0.15, 0.2) is 11.4 Å². The molecule has 0 atom stereocenters. The second kappa shape index (κ2) is 5.35. The highest BCUT2D eigenvalue weighted by Gasteiger charge is 2.21. The van der Waals surface area contributed by atoms with Crippen LogP contribution >= 0.6 is 22.9 Å². The average Bonchev–Trinajstić information content (AvgIpc) is 2.96. The molecule has 104 valence electrons. The number of nitrogens with one attached hydrogen (secondary N) is 1. The number of carbonyl (C=O) groups is 2. The van der Waals surface area contributed by atoms with Crippen molar-refractivity contribution in [2.75, 3.05) is 5.32 Å². The third-order valence-corrected chi connectivity index (χ3v) is 4.07. The third-order valence-electron chi connectivity index (χ3n) is 2.33. The molecule has 0 bridgehead atoms. The Morgan fingerprint density at radius 3 is 2.75 bits per heavy atom. The lowest BCUT2D eigenvalue weighted by Gasteiger charge is -2.01. The highest BCUT2D eigenvalue weighted by Crippen LogP contribution is 2.27. The Balaban J connectivity index is 2.23. The maximum atomic E-state index is 11.9. The molecular formula is C10H7N3O5S2. The summed E-state index contributed by atoms with van der Waals surface area (Å²) in [6, 6.07) is 1.13. The molecule has 2 N–H and O–H groups in total. The number of thiophene rings is 1. The van der Waals surface area contributed by atoms with Gasteiger partial charge in [0.1, 0.15) is 10.6 Å². The Labute approximate surface area is 120 Å². The van der Waals surface area contributed by atoms with Crippen molar-refractivity contribution < 1.29 is 19.6 Å². The quantitative estimate of drug-likeness (QED) is 0.660. The van der Waals surface area contributed by atoms with Gasteiger partial charge in [-0.15, -0.1) is 0 Å². The Bertz CT molecular complexity index is 706. The minimum absolute atomic E-state index is 0.0759. The predicted octanol–water partition coefficient (Wildman–Crippen LogP) is 2.37.